The Morgan fingerprint density at radius 1 is 1.17 bits per heavy atom. The van der Waals surface area contributed by atoms with Crippen molar-refractivity contribution in [2.45, 2.75) is 0 Å². The molecule has 0 fully saturated rings. The van der Waals surface area contributed by atoms with E-state index in [1.165, 1.54) is 0 Å². The van der Waals surface area contributed by atoms with E-state index in [0.29, 0.717) is 16.4 Å². The summed E-state index contributed by atoms with van der Waals surface area (Å²) in [5.74, 6) is 0.00413. The number of hydrogen-bond donors (Lipinski definition) is 1. The van der Waals surface area contributed by atoms with Gasteiger partial charge in [0.2, 0.25) is 0 Å². The van der Waals surface area contributed by atoms with Gasteiger partial charge in [0, 0.05) is 10.0 Å². The summed E-state index contributed by atoms with van der Waals surface area (Å²) < 4.78 is 0.729. The molecule has 2 aromatic rings. The fraction of sp³-hybridized carbons (Fsp3) is 0. The van der Waals surface area contributed by atoms with Crippen LogP contribution in [0, 0.1) is 0 Å². The molecule has 0 aliphatic carbocycles. The second-order valence-electron chi connectivity index (χ2n) is 3.32. The SMILES string of the molecule is O=C(Nc1ccc(Cl)nn1)c1ccc(Br)c(Cl)c1. The molecule has 7 heteroatoms. The lowest BCUT2D eigenvalue weighted by molar-refractivity contribution is 0.102. The number of nitrogens with zero attached hydrogens (tertiary/aromatic N) is 2. The first kappa shape index (κ1) is 13.3. The van der Waals surface area contributed by atoms with E-state index in [1.807, 2.05) is 0 Å². The maximum absolute atomic E-state index is 11.9. The zero-order valence-corrected chi connectivity index (χ0v) is 11.9. The van der Waals surface area contributed by atoms with Crippen molar-refractivity contribution in [3.63, 3.8) is 0 Å². The van der Waals surface area contributed by atoms with Gasteiger partial charge in [-0.2, -0.15) is 0 Å². The minimum absolute atomic E-state index is 0.264. The van der Waals surface area contributed by atoms with Crippen LogP contribution in [0.2, 0.25) is 10.2 Å². The lowest BCUT2D eigenvalue weighted by Gasteiger charge is -2.04. The van der Waals surface area contributed by atoms with Crippen LogP contribution in [0.15, 0.2) is 34.8 Å². The fourth-order valence-electron chi connectivity index (χ4n) is 1.21. The predicted molar refractivity (Wildman–Crippen MR) is 74.1 cm³/mol. The molecular weight excluding hydrogens is 341 g/mol. The van der Waals surface area contributed by atoms with Gasteiger partial charge in [-0.05, 0) is 46.3 Å². The van der Waals surface area contributed by atoms with Crippen LogP contribution in [-0.2, 0) is 0 Å². The average molecular weight is 347 g/mol. The van der Waals surface area contributed by atoms with Crippen molar-refractivity contribution in [3.8, 4) is 0 Å². The largest absolute Gasteiger partial charge is 0.305 e. The molecule has 0 bridgehead atoms. The van der Waals surface area contributed by atoms with E-state index in [0.717, 1.165) is 4.47 Å². The zero-order valence-electron chi connectivity index (χ0n) is 8.82. The van der Waals surface area contributed by atoms with Crippen LogP contribution in [-0.4, -0.2) is 16.1 Å². The average Bonchev–Trinajstić information content (AvgIpc) is 2.35. The summed E-state index contributed by atoms with van der Waals surface area (Å²) in [4.78, 5) is 11.9. The molecule has 92 valence electrons. The van der Waals surface area contributed by atoms with Gasteiger partial charge in [0.15, 0.2) is 11.0 Å². The topological polar surface area (TPSA) is 54.9 Å². The van der Waals surface area contributed by atoms with Crippen molar-refractivity contribution in [1.82, 2.24) is 10.2 Å². The second-order valence-corrected chi connectivity index (χ2v) is 4.97. The number of amides is 1. The number of hydrogen-bond acceptors (Lipinski definition) is 3. The Morgan fingerprint density at radius 2 is 1.94 bits per heavy atom. The summed E-state index contributed by atoms with van der Waals surface area (Å²) in [5.41, 5.74) is 0.431. The van der Waals surface area contributed by atoms with E-state index in [1.54, 1.807) is 30.3 Å². The van der Waals surface area contributed by atoms with Crippen molar-refractivity contribution >= 4 is 50.9 Å². The normalized spacial score (nSPS) is 10.2. The van der Waals surface area contributed by atoms with Crippen molar-refractivity contribution in [2.24, 2.45) is 0 Å². The van der Waals surface area contributed by atoms with Crippen LogP contribution in [0.4, 0.5) is 5.82 Å². The van der Waals surface area contributed by atoms with Gasteiger partial charge in [-0.1, -0.05) is 23.2 Å². The number of rotatable bonds is 2. The van der Waals surface area contributed by atoms with Gasteiger partial charge in [0.1, 0.15) is 0 Å². The summed E-state index contributed by atoms with van der Waals surface area (Å²) in [7, 11) is 0. The highest BCUT2D eigenvalue weighted by Crippen LogP contribution is 2.23. The minimum atomic E-state index is -0.318. The Balaban J connectivity index is 2.16. The van der Waals surface area contributed by atoms with Crippen LogP contribution in [0.1, 0.15) is 10.4 Å². The lowest BCUT2D eigenvalue weighted by atomic mass is 10.2. The van der Waals surface area contributed by atoms with Crippen molar-refractivity contribution in [3.05, 3.63) is 50.5 Å². The number of carbonyl (C=O) groups is 1. The third kappa shape index (κ3) is 3.19. The summed E-state index contributed by atoms with van der Waals surface area (Å²) in [6.45, 7) is 0. The first-order valence-electron chi connectivity index (χ1n) is 4.82. The fourth-order valence-corrected chi connectivity index (χ4v) is 1.74. The second kappa shape index (κ2) is 5.65. The summed E-state index contributed by atoms with van der Waals surface area (Å²) in [6, 6.07) is 8.01. The standard InChI is InChI=1S/C11H6BrCl2N3O/c12-7-2-1-6(5-8(7)13)11(18)15-10-4-3-9(14)16-17-10/h1-5H,(H,15,17,18). The molecule has 1 heterocycles. The minimum Gasteiger partial charge on any atom is -0.305 e. The molecule has 0 atom stereocenters. The zero-order chi connectivity index (χ0) is 13.1. The van der Waals surface area contributed by atoms with E-state index >= 15 is 0 Å². The number of halogens is 3. The molecule has 1 aromatic heterocycles. The highest BCUT2D eigenvalue weighted by molar-refractivity contribution is 9.10. The molecular formula is C11H6BrCl2N3O. The highest BCUT2D eigenvalue weighted by Gasteiger charge is 2.09. The monoisotopic (exact) mass is 345 g/mol. The molecule has 4 nitrogen and oxygen atoms in total. The third-order valence-corrected chi connectivity index (χ3v) is 3.49. The van der Waals surface area contributed by atoms with Crippen molar-refractivity contribution in [2.75, 3.05) is 5.32 Å². The molecule has 1 N–H and O–H groups in total. The molecule has 0 spiro atoms. The van der Waals surface area contributed by atoms with Gasteiger partial charge >= 0.3 is 0 Å². The summed E-state index contributed by atoms with van der Waals surface area (Å²) in [6.07, 6.45) is 0. The number of anilines is 1. The third-order valence-electron chi connectivity index (χ3n) is 2.06. The molecule has 1 amide bonds. The molecule has 0 radical (unpaired) electrons. The molecule has 0 aliphatic heterocycles. The number of aromatic nitrogens is 2. The van der Waals surface area contributed by atoms with Gasteiger partial charge in [-0.15, -0.1) is 10.2 Å². The van der Waals surface area contributed by atoms with Gasteiger partial charge < -0.3 is 5.32 Å². The Labute approximate surface area is 121 Å². The highest BCUT2D eigenvalue weighted by atomic mass is 79.9. The van der Waals surface area contributed by atoms with Crippen molar-refractivity contribution in [1.29, 1.82) is 0 Å². The Hall–Kier alpha value is -1.17. The molecule has 2 rings (SSSR count). The summed E-state index contributed by atoms with van der Waals surface area (Å²) in [5, 5.41) is 10.7. The van der Waals surface area contributed by atoms with E-state index in [9.17, 15) is 4.79 Å². The van der Waals surface area contributed by atoms with Crippen LogP contribution in [0.5, 0.6) is 0 Å². The maximum Gasteiger partial charge on any atom is 0.256 e. The molecule has 0 aliphatic rings. The molecule has 1 aromatic carbocycles. The molecule has 0 unspecified atom stereocenters. The smallest absolute Gasteiger partial charge is 0.256 e. The van der Waals surface area contributed by atoms with Crippen LogP contribution in [0.25, 0.3) is 0 Å². The number of carbonyl (C=O) groups excluding carboxylic acids is 1. The summed E-state index contributed by atoms with van der Waals surface area (Å²) >= 11 is 14.8. The van der Waals surface area contributed by atoms with E-state index in [4.69, 9.17) is 23.2 Å². The van der Waals surface area contributed by atoms with Crippen molar-refractivity contribution < 1.29 is 4.79 Å². The number of nitrogens with one attached hydrogen (secondary N) is 1. The van der Waals surface area contributed by atoms with E-state index < -0.39 is 0 Å². The van der Waals surface area contributed by atoms with Crippen LogP contribution < -0.4 is 5.32 Å². The van der Waals surface area contributed by atoms with Gasteiger partial charge in [0.25, 0.3) is 5.91 Å². The quantitative estimate of drug-likeness (QED) is 0.899. The Bertz CT molecular complexity index is 589. The number of benzene rings is 1. The first-order valence-corrected chi connectivity index (χ1v) is 6.37. The van der Waals surface area contributed by atoms with Gasteiger partial charge in [-0.3, -0.25) is 4.79 Å². The van der Waals surface area contributed by atoms with Crippen LogP contribution in [0.3, 0.4) is 0 Å². The van der Waals surface area contributed by atoms with Gasteiger partial charge in [0.05, 0.1) is 5.02 Å². The van der Waals surface area contributed by atoms with E-state index in [2.05, 4.69) is 31.4 Å². The molecule has 0 saturated carbocycles. The first-order chi connectivity index (χ1) is 8.56. The Kier molecular flexibility index (Phi) is 4.16. The van der Waals surface area contributed by atoms with Gasteiger partial charge in [-0.25, -0.2) is 0 Å². The maximum atomic E-state index is 11.9. The lowest BCUT2D eigenvalue weighted by Crippen LogP contribution is -2.13. The molecule has 0 saturated heterocycles. The Morgan fingerprint density at radius 3 is 2.56 bits per heavy atom. The van der Waals surface area contributed by atoms with Crippen LogP contribution >= 0.6 is 39.1 Å². The van der Waals surface area contributed by atoms with E-state index in [-0.39, 0.29) is 11.1 Å². The predicted octanol–water partition coefficient (Wildman–Crippen LogP) is 3.80. The molecule has 18 heavy (non-hydrogen) atoms.